The van der Waals surface area contributed by atoms with Crippen molar-refractivity contribution in [3.63, 3.8) is 0 Å². The molecule has 0 bridgehead atoms. The SMILES string of the molecule is CCOC(=O)C1=C(C)OC(P(=O)(OC(C)C)OC(C)C)=C[C@H]1c1ccc(Cl)cc1. The molecular weight excluding hydrogens is 415 g/mol. The Hall–Kier alpha value is -1.59. The van der Waals surface area contributed by atoms with Gasteiger partial charge in [0.2, 0.25) is 5.50 Å². The maximum absolute atomic E-state index is 13.6. The van der Waals surface area contributed by atoms with Gasteiger partial charge in [-0.2, -0.15) is 0 Å². The molecule has 29 heavy (non-hydrogen) atoms. The van der Waals surface area contributed by atoms with Crippen LogP contribution < -0.4 is 0 Å². The summed E-state index contributed by atoms with van der Waals surface area (Å²) in [6, 6.07) is 7.06. The molecule has 0 aliphatic carbocycles. The van der Waals surface area contributed by atoms with Crippen molar-refractivity contribution in [3.8, 4) is 0 Å². The van der Waals surface area contributed by atoms with Gasteiger partial charge in [0.25, 0.3) is 0 Å². The lowest BCUT2D eigenvalue weighted by molar-refractivity contribution is -0.139. The average Bonchev–Trinajstić information content (AvgIpc) is 2.60. The van der Waals surface area contributed by atoms with Crippen molar-refractivity contribution in [1.29, 1.82) is 0 Å². The number of ether oxygens (including phenoxy) is 2. The normalized spacial score (nSPS) is 17.4. The van der Waals surface area contributed by atoms with Crippen LogP contribution in [0, 0.1) is 0 Å². The lowest BCUT2D eigenvalue weighted by atomic mass is 9.89. The van der Waals surface area contributed by atoms with Crippen molar-refractivity contribution in [2.45, 2.75) is 59.7 Å². The van der Waals surface area contributed by atoms with E-state index in [1.807, 2.05) is 0 Å². The topological polar surface area (TPSA) is 71.1 Å². The molecule has 1 aromatic carbocycles. The number of benzene rings is 1. The van der Waals surface area contributed by atoms with Crippen molar-refractivity contribution in [1.82, 2.24) is 0 Å². The second-order valence-corrected chi connectivity index (χ2v) is 9.43. The number of carbonyl (C=O) groups excluding carboxylic acids is 1. The molecular formula is C21H28ClO6P. The molecule has 0 saturated heterocycles. The van der Waals surface area contributed by atoms with Crippen LogP contribution in [0.5, 0.6) is 0 Å². The zero-order valence-electron chi connectivity index (χ0n) is 17.6. The molecule has 1 atom stereocenters. The Morgan fingerprint density at radius 2 is 1.69 bits per heavy atom. The first kappa shape index (κ1) is 23.7. The Morgan fingerprint density at radius 3 is 2.17 bits per heavy atom. The predicted molar refractivity (Wildman–Crippen MR) is 113 cm³/mol. The molecule has 1 aromatic rings. The summed E-state index contributed by atoms with van der Waals surface area (Å²) in [5.74, 6) is -0.750. The summed E-state index contributed by atoms with van der Waals surface area (Å²) in [4.78, 5) is 12.6. The van der Waals surface area contributed by atoms with E-state index < -0.39 is 19.5 Å². The molecule has 0 N–H and O–H groups in total. The van der Waals surface area contributed by atoms with Gasteiger partial charge >= 0.3 is 13.6 Å². The number of carbonyl (C=O) groups is 1. The van der Waals surface area contributed by atoms with Crippen LogP contribution in [0.1, 0.15) is 53.0 Å². The molecule has 2 rings (SSSR count). The van der Waals surface area contributed by atoms with E-state index >= 15 is 0 Å². The molecule has 1 heterocycles. The highest BCUT2D eigenvalue weighted by molar-refractivity contribution is 7.58. The monoisotopic (exact) mass is 442 g/mol. The van der Waals surface area contributed by atoms with Gasteiger partial charge < -0.3 is 18.5 Å². The second kappa shape index (κ2) is 9.94. The number of halogens is 1. The Labute approximate surface area is 177 Å². The fraction of sp³-hybridized carbons (Fsp3) is 0.476. The van der Waals surface area contributed by atoms with Crippen LogP contribution in [-0.2, 0) is 27.9 Å². The van der Waals surface area contributed by atoms with Gasteiger partial charge in [-0.3, -0.25) is 4.57 Å². The summed E-state index contributed by atoms with van der Waals surface area (Å²) in [7, 11) is -3.76. The third-order valence-corrected chi connectivity index (χ3v) is 6.38. The average molecular weight is 443 g/mol. The molecule has 1 aliphatic rings. The van der Waals surface area contributed by atoms with Crippen LogP contribution in [0.25, 0.3) is 0 Å². The molecule has 1 aliphatic heterocycles. The van der Waals surface area contributed by atoms with Gasteiger partial charge in [-0.25, -0.2) is 4.79 Å². The maximum Gasteiger partial charge on any atom is 0.396 e. The summed E-state index contributed by atoms with van der Waals surface area (Å²) in [5.41, 5.74) is 1.17. The maximum atomic E-state index is 13.6. The van der Waals surface area contributed by atoms with Gasteiger partial charge in [0.1, 0.15) is 5.76 Å². The number of hydrogen-bond donors (Lipinski definition) is 0. The van der Waals surface area contributed by atoms with Crippen LogP contribution in [0.3, 0.4) is 0 Å². The molecule has 0 unspecified atom stereocenters. The van der Waals surface area contributed by atoms with E-state index in [1.54, 1.807) is 71.9 Å². The molecule has 8 heteroatoms. The molecule has 6 nitrogen and oxygen atoms in total. The van der Waals surface area contributed by atoms with Crippen molar-refractivity contribution >= 4 is 25.2 Å². The Kier molecular flexibility index (Phi) is 8.12. The van der Waals surface area contributed by atoms with Crippen molar-refractivity contribution in [2.24, 2.45) is 0 Å². The highest BCUT2D eigenvalue weighted by Crippen LogP contribution is 2.61. The lowest BCUT2D eigenvalue weighted by Crippen LogP contribution is -2.21. The van der Waals surface area contributed by atoms with E-state index in [2.05, 4.69) is 0 Å². The molecule has 0 radical (unpaired) electrons. The van der Waals surface area contributed by atoms with Crippen LogP contribution in [-0.4, -0.2) is 24.8 Å². The van der Waals surface area contributed by atoms with E-state index in [9.17, 15) is 9.36 Å². The first-order chi connectivity index (χ1) is 13.6. The number of hydrogen-bond acceptors (Lipinski definition) is 6. The summed E-state index contributed by atoms with van der Waals surface area (Å²) in [5, 5.41) is 0.570. The molecule has 0 amide bonds. The van der Waals surface area contributed by atoms with E-state index in [0.29, 0.717) is 16.4 Å². The van der Waals surface area contributed by atoms with E-state index in [4.69, 9.17) is 30.1 Å². The molecule has 160 valence electrons. The van der Waals surface area contributed by atoms with Gasteiger partial charge in [0.15, 0.2) is 0 Å². The second-order valence-electron chi connectivity index (χ2n) is 7.13. The molecule has 0 aromatic heterocycles. The summed E-state index contributed by atoms with van der Waals surface area (Å²) >= 11 is 6.02. The summed E-state index contributed by atoms with van der Waals surface area (Å²) in [6.07, 6.45) is 0.899. The van der Waals surface area contributed by atoms with Crippen LogP contribution in [0.2, 0.25) is 5.02 Å². The minimum absolute atomic E-state index is 0.0606. The van der Waals surface area contributed by atoms with Crippen molar-refractivity contribution < 1.29 is 27.9 Å². The highest BCUT2D eigenvalue weighted by atomic mass is 35.5. The van der Waals surface area contributed by atoms with Gasteiger partial charge in [0, 0.05) is 10.9 Å². The first-order valence-electron chi connectivity index (χ1n) is 9.57. The quantitative estimate of drug-likeness (QED) is 0.354. The van der Waals surface area contributed by atoms with Crippen molar-refractivity contribution in [2.75, 3.05) is 6.61 Å². The Morgan fingerprint density at radius 1 is 1.14 bits per heavy atom. The molecule has 0 saturated carbocycles. The van der Waals surface area contributed by atoms with Gasteiger partial charge in [-0.05, 0) is 65.3 Å². The van der Waals surface area contributed by atoms with Gasteiger partial charge in [0.05, 0.1) is 24.4 Å². The summed E-state index contributed by atoms with van der Waals surface area (Å²) < 4.78 is 35.9. The summed E-state index contributed by atoms with van der Waals surface area (Å²) in [6.45, 7) is 10.7. The standard InChI is InChI=1S/C21H28ClO6P/c1-7-25-21(23)20-15(6)26-19(29(24,27-13(2)3)28-14(4)5)12-18(20)16-8-10-17(22)11-9-16/h8-14,18H,7H2,1-6H3/t18-/m0/s1. The predicted octanol–water partition coefficient (Wildman–Crippen LogP) is 6.18. The van der Waals surface area contributed by atoms with E-state index in [-0.39, 0.29) is 24.3 Å². The Bertz CT molecular complexity index is 827. The lowest BCUT2D eigenvalue weighted by Gasteiger charge is -2.30. The van der Waals surface area contributed by atoms with E-state index in [0.717, 1.165) is 5.56 Å². The van der Waals surface area contributed by atoms with Crippen LogP contribution in [0.4, 0.5) is 0 Å². The zero-order chi connectivity index (χ0) is 21.8. The van der Waals surface area contributed by atoms with Crippen LogP contribution in [0.15, 0.2) is 47.2 Å². The van der Waals surface area contributed by atoms with Gasteiger partial charge in [-0.15, -0.1) is 0 Å². The minimum atomic E-state index is -3.76. The van der Waals surface area contributed by atoms with E-state index in [1.165, 1.54) is 0 Å². The third kappa shape index (κ3) is 5.95. The largest absolute Gasteiger partial charge is 0.463 e. The number of esters is 1. The number of rotatable bonds is 8. The molecule has 0 spiro atoms. The first-order valence-corrected chi connectivity index (χ1v) is 11.5. The third-order valence-electron chi connectivity index (χ3n) is 3.95. The minimum Gasteiger partial charge on any atom is -0.463 e. The zero-order valence-corrected chi connectivity index (χ0v) is 19.3. The highest BCUT2D eigenvalue weighted by Gasteiger charge is 2.41. The van der Waals surface area contributed by atoms with Crippen LogP contribution >= 0.6 is 19.2 Å². The fourth-order valence-electron chi connectivity index (χ4n) is 2.93. The van der Waals surface area contributed by atoms with Crippen molar-refractivity contribution in [3.05, 3.63) is 57.8 Å². The Balaban J connectivity index is 2.58. The molecule has 0 fully saturated rings. The smallest absolute Gasteiger partial charge is 0.396 e. The fourth-order valence-corrected chi connectivity index (χ4v) is 5.01. The van der Waals surface area contributed by atoms with Gasteiger partial charge in [-0.1, -0.05) is 23.7 Å². The number of allylic oxidation sites excluding steroid dienone is 2.